The van der Waals surface area contributed by atoms with E-state index >= 15 is 0 Å². The van der Waals surface area contributed by atoms with E-state index in [0.29, 0.717) is 23.4 Å². The third-order valence-corrected chi connectivity index (χ3v) is 8.41. The first-order valence-corrected chi connectivity index (χ1v) is 14.9. The molecule has 3 aromatic rings. The zero-order chi connectivity index (χ0) is 26.4. The molecule has 1 aliphatic heterocycles. The molecule has 1 N–H and O–H groups in total. The lowest BCUT2D eigenvalue weighted by atomic mass is 10.1. The maximum absolute atomic E-state index is 12.7. The van der Waals surface area contributed by atoms with Crippen molar-refractivity contribution in [1.29, 1.82) is 0 Å². The number of halogens is 2. The number of amides is 1. The standard InChI is InChI=1S/C28H31Cl2N3O3S/c1-37(35,36)33(26-7-5-6-25(29)27(26)30)20-23-12-14-24(15-13-23)28(34)31-18-21-8-10-22(11-9-21)19-32-16-3-2-4-17-32/h5-15H,2-4,16-20H2,1H3,(H,31,34). The van der Waals surface area contributed by atoms with Gasteiger partial charge in [0.1, 0.15) is 0 Å². The molecule has 0 bridgehead atoms. The number of nitrogens with zero attached hydrogens (tertiary/aromatic N) is 2. The van der Waals surface area contributed by atoms with Gasteiger partial charge in [-0.25, -0.2) is 8.42 Å². The van der Waals surface area contributed by atoms with Gasteiger partial charge in [0.05, 0.1) is 28.5 Å². The largest absolute Gasteiger partial charge is 0.348 e. The minimum Gasteiger partial charge on any atom is -0.348 e. The van der Waals surface area contributed by atoms with Crippen molar-refractivity contribution in [1.82, 2.24) is 10.2 Å². The van der Waals surface area contributed by atoms with Gasteiger partial charge in [-0.15, -0.1) is 0 Å². The molecular weight excluding hydrogens is 529 g/mol. The van der Waals surface area contributed by atoms with E-state index in [9.17, 15) is 13.2 Å². The van der Waals surface area contributed by atoms with Crippen molar-refractivity contribution >= 4 is 44.8 Å². The average Bonchev–Trinajstić information content (AvgIpc) is 2.89. The zero-order valence-electron chi connectivity index (χ0n) is 20.8. The summed E-state index contributed by atoms with van der Waals surface area (Å²) in [6.45, 7) is 3.79. The summed E-state index contributed by atoms with van der Waals surface area (Å²) in [5, 5.41) is 3.40. The highest BCUT2D eigenvalue weighted by Crippen LogP contribution is 2.34. The van der Waals surface area contributed by atoms with Crippen molar-refractivity contribution in [2.45, 2.75) is 38.9 Å². The number of carbonyl (C=O) groups is 1. The fraction of sp³-hybridized carbons (Fsp3) is 0.321. The Kier molecular flexibility index (Phi) is 9.13. The van der Waals surface area contributed by atoms with Crippen LogP contribution in [-0.4, -0.2) is 38.6 Å². The molecule has 1 heterocycles. The Morgan fingerprint density at radius 2 is 1.51 bits per heavy atom. The first kappa shape index (κ1) is 27.5. The van der Waals surface area contributed by atoms with Crippen molar-refractivity contribution < 1.29 is 13.2 Å². The summed E-state index contributed by atoms with van der Waals surface area (Å²) >= 11 is 12.4. The molecule has 0 saturated carbocycles. The van der Waals surface area contributed by atoms with Crippen LogP contribution in [0.3, 0.4) is 0 Å². The Balaban J connectivity index is 1.35. The molecule has 0 unspecified atom stereocenters. The summed E-state index contributed by atoms with van der Waals surface area (Å²) in [5.41, 5.74) is 3.84. The average molecular weight is 561 g/mol. The van der Waals surface area contributed by atoms with Gasteiger partial charge in [-0.05, 0) is 66.9 Å². The highest BCUT2D eigenvalue weighted by molar-refractivity contribution is 7.92. The normalized spacial score (nSPS) is 14.4. The molecule has 6 nitrogen and oxygen atoms in total. The van der Waals surface area contributed by atoms with Crippen LogP contribution in [0, 0.1) is 0 Å². The van der Waals surface area contributed by atoms with Gasteiger partial charge in [-0.3, -0.25) is 14.0 Å². The fourth-order valence-corrected chi connectivity index (χ4v) is 5.76. The minimum atomic E-state index is -3.62. The van der Waals surface area contributed by atoms with E-state index < -0.39 is 10.0 Å². The van der Waals surface area contributed by atoms with Crippen LogP contribution >= 0.6 is 23.2 Å². The predicted octanol–water partition coefficient (Wildman–Crippen LogP) is 5.88. The molecular formula is C28H31Cl2N3O3S. The number of likely N-dealkylation sites (tertiary alicyclic amines) is 1. The van der Waals surface area contributed by atoms with Crippen LogP contribution < -0.4 is 9.62 Å². The number of hydrogen-bond acceptors (Lipinski definition) is 4. The van der Waals surface area contributed by atoms with Gasteiger partial charge >= 0.3 is 0 Å². The summed E-state index contributed by atoms with van der Waals surface area (Å²) in [7, 11) is -3.62. The van der Waals surface area contributed by atoms with Gasteiger partial charge in [0.2, 0.25) is 10.0 Å². The number of carbonyl (C=O) groups excluding carboxylic acids is 1. The van der Waals surface area contributed by atoms with E-state index in [1.165, 1.54) is 29.1 Å². The number of anilines is 1. The minimum absolute atomic E-state index is 0.0601. The lowest BCUT2D eigenvalue weighted by Gasteiger charge is -2.26. The Bertz CT molecular complexity index is 1320. The van der Waals surface area contributed by atoms with Gasteiger partial charge < -0.3 is 5.32 Å². The van der Waals surface area contributed by atoms with Gasteiger partial charge in [0.15, 0.2) is 0 Å². The number of nitrogens with one attached hydrogen (secondary N) is 1. The predicted molar refractivity (Wildman–Crippen MR) is 151 cm³/mol. The second kappa shape index (κ2) is 12.3. The molecule has 3 aromatic carbocycles. The van der Waals surface area contributed by atoms with Crippen molar-refractivity contribution in [3.8, 4) is 0 Å². The summed E-state index contributed by atoms with van der Waals surface area (Å²) < 4.78 is 26.1. The Hall–Kier alpha value is -2.58. The van der Waals surface area contributed by atoms with Gasteiger partial charge in [0.25, 0.3) is 5.91 Å². The quantitative estimate of drug-likeness (QED) is 0.355. The van der Waals surface area contributed by atoms with Crippen molar-refractivity contribution in [3.05, 3.63) is 99.0 Å². The number of benzene rings is 3. The molecule has 1 saturated heterocycles. The molecule has 4 rings (SSSR count). The highest BCUT2D eigenvalue weighted by Gasteiger charge is 2.21. The van der Waals surface area contributed by atoms with Crippen LogP contribution in [0.15, 0.2) is 66.7 Å². The van der Waals surface area contributed by atoms with Crippen LogP contribution in [0.2, 0.25) is 10.0 Å². The third-order valence-electron chi connectivity index (χ3n) is 6.47. The maximum Gasteiger partial charge on any atom is 0.251 e. The molecule has 0 aliphatic carbocycles. The van der Waals surface area contributed by atoms with Gasteiger partial charge in [-0.2, -0.15) is 0 Å². The molecule has 9 heteroatoms. The summed E-state index contributed by atoms with van der Waals surface area (Å²) in [5.74, 6) is -0.193. The maximum atomic E-state index is 12.7. The topological polar surface area (TPSA) is 69.7 Å². The first-order chi connectivity index (χ1) is 17.7. The fourth-order valence-electron chi connectivity index (χ4n) is 4.42. The van der Waals surface area contributed by atoms with Crippen LogP contribution in [0.1, 0.15) is 46.3 Å². The number of rotatable bonds is 9. The molecule has 1 fully saturated rings. The molecule has 37 heavy (non-hydrogen) atoms. The smallest absolute Gasteiger partial charge is 0.251 e. The van der Waals surface area contributed by atoms with Crippen LogP contribution in [0.25, 0.3) is 0 Å². The monoisotopic (exact) mass is 559 g/mol. The van der Waals surface area contributed by atoms with E-state index in [2.05, 4.69) is 34.5 Å². The molecule has 1 amide bonds. The van der Waals surface area contributed by atoms with E-state index in [0.717, 1.165) is 31.5 Å². The SMILES string of the molecule is CS(=O)(=O)N(Cc1ccc(C(=O)NCc2ccc(CN3CCCCC3)cc2)cc1)c1cccc(Cl)c1Cl. The first-order valence-electron chi connectivity index (χ1n) is 12.3. The van der Waals surface area contributed by atoms with Gasteiger partial charge in [0, 0.05) is 18.7 Å². The number of sulfonamides is 1. The van der Waals surface area contributed by atoms with E-state index in [-0.39, 0.29) is 22.5 Å². The lowest BCUT2D eigenvalue weighted by Crippen LogP contribution is -2.29. The second-order valence-electron chi connectivity index (χ2n) is 9.38. The van der Waals surface area contributed by atoms with Crippen molar-refractivity contribution in [3.63, 3.8) is 0 Å². The van der Waals surface area contributed by atoms with E-state index in [4.69, 9.17) is 23.2 Å². The summed E-state index contributed by atoms with van der Waals surface area (Å²) in [6, 6.07) is 20.1. The third kappa shape index (κ3) is 7.48. The molecule has 0 atom stereocenters. The number of piperidine rings is 1. The molecule has 0 aromatic heterocycles. The van der Waals surface area contributed by atoms with Crippen LogP contribution in [-0.2, 0) is 29.7 Å². The Morgan fingerprint density at radius 1 is 0.892 bits per heavy atom. The van der Waals surface area contributed by atoms with E-state index in [1.807, 2.05) is 0 Å². The molecule has 196 valence electrons. The van der Waals surface area contributed by atoms with Crippen LogP contribution in [0.5, 0.6) is 0 Å². The van der Waals surface area contributed by atoms with Gasteiger partial charge in [-0.1, -0.05) is 72.1 Å². The van der Waals surface area contributed by atoms with Crippen LogP contribution in [0.4, 0.5) is 5.69 Å². The Labute approximate surface area is 229 Å². The van der Waals surface area contributed by atoms with E-state index in [1.54, 1.807) is 42.5 Å². The Morgan fingerprint density at radius 3 is 2.16 bits per heavy atom. The van der Waals surface area contributed by atoms with Crippen molar-refractivity contribution in [2.24, 2.45) is 0 Å². The number of hydrogen-bond donors (Lipinski definition) is 1. The van der Waals surface area contributed by atoms with Crippen molar-refractivity contribution in [2.75, 3.05) is 23.7 Å². The molecule has 0 spiro atoms. The summed E-state index contributed by atoms with van der Waals surface area (Å²) in [4.78, 5) is 15.2. The zero-order valence-corrected chi connectivity index (χ0v) is 23.1. The molecule has 1 aliphatic rings. The highest BCUT2D eigenvalue weighted by atomic mass is 35.5. The summed E-state index contributed by atoms with van der Waals surface area (Å²) in [6.07, 6.45) is 5.00. The second-order valence-corrected chi connectivity index (χ2v) is 12.1. The molecule has 0 radical (unpaired) electrons. The lowest BCUT2D eigenvalue weighted by molar-refractivity contribution is 0.0951.